The summed E-state index contributed by atoms with van der Waals surface area (Å²) in [6, 6.07) is 4.69. The lowest BCUT2D eigenvalue weighted by Gasteiger charge is -2.22. The summed E-state index contributed by atoms with van der Waals surface area (Å²) in [5, 5.41) is 9.89. The van der Waals surface area contributed by atoms with Crippen molar-refractivity contribution in [3.63, 3.8) is 0 Å². The number of carbonyl (C=O) groups is 2. The molecule has 7 heteroatoms. The molecule has 0 aromatic carbocycles. The van der Waals surface area contributed by atoms with E-state index in [-0.39, 0.29) is 37.0 Å². The molecule has 114 valence electrons. The average molecular weight is 293 g/mol. The Morgan fingerprint density at radius 2 is 1.90 bits per heavy atom. The number of pyridine rings is 1. The van der Waals surface area contributed by atoms with E-state index in [2.05, 4.69) is 0 Å². The molecule has 1 atom stereocenters. The van der Waals surface area contributed by atoms with Crippen LogP contribution in [0.2, 0.25) is 0 Å². The van der Waals surface area contributed by atoms with Crippen LogP contribution >= 0.6 is 0 Å². The van der Waals surface area contributed by atoms with Gasteiger partial charge in [0.2, 0.25) is 11.8 Å². The monoisotopic (exact) mass is 293 g/mol. The summed E-state index contributed by atoms with van der Waals surface area (Å²) in [6.07, 6.45) is 0.781. The van der Waals surface area contributed by atoms with Crippen molar-refractivity contribution in [2.45, 2.75) is 19.6 Å². The Bertz CT molecular complexity index is 584. The Hall–Kier alpha value is -2.15. The largest absolute Gasteiger partial charge is 0.389 e. The zero-order valence-electron chi connectivity index (χ0n) is 11.9. The molecule has 2 amide bonds. The SMILES string of the molecule is CC(=O)N1CCN(C(=O)Cn2ccccc2=O)C[C@@H](O)C1. The maximum Gasteiger partial charge on any atom is 0.250 e. The van der Waals surface area contributed by atoms with E-state index in [0.29, 0.717) is 13.1 Å². The molecule has 2 heterocycles. The molecular formula is C14H19N3O4. The van der Waals surface area contributed by atoms with E-state index in [9.17, 15) is 19.5 Å². The van der Waals surface area contributed by atoms with Gasteiger partial charge in [0, 0.05) is 45.4 Å². The number of amides is 2. The molecule has 0 radical (unpaired) electrons. The van der Waals surface area contributed by atoms with Gasteiger partial charge in [0.25, 0.3) is 5.56 Å². The molecule has 0 unspecified atom stereocenters. The van der Waals surface area contributed by atoms with Gasteiger partial charge in [0.15, 0.2) is 0 Å². The highest BCUT2D eigenvalue weighted by Gasteiger charge is 2.25. The van der Waals surface area contributed by atoms with Crippen LogP contribution in [0.25, 0.3) is 0 Å². The topological polar surface area (TPSA) is 82.9 Å². The molecule has 21 heavy (non-hydrogen) atoms. The van der Waals surface area contributed by atoms with Crippen LogP contribution < -0.4 is 5.56 Å². The fourth-order valence-electron chi connectivity index (χ4n) is 2.34. The van der Waals surface area contributed by atoms with Crippen LogP contribution in [-0.4, -0.2) is 63.6 Å². The second kappa shape index (κ2) is 6.53. The van der Waals surface area contributed by atoms with E-state index in [1.807, 2.05) is 0 Å². The molecule has 7 nitrogen and oxygen atoms in total. The van der Waals surface area contributed by atoms with Crippen LogP contribution in [0.4, 0.5) is 0 Å². The third-order valence-corrected chi connectivity index (χ3v) is 3.50. The van der Waals surface area contributed by atoms with Crippen LogP contribution in [0.1, 0.15) is 6.92 Å². The highest BCUT2D eigenvalue weighted by molar-refractivity contribution is 5.76. The number of nitrogens with zero attached hydrogens (tertiary/aromatic N) is 3. The van der Waals surface area contributed by atoms with Crippen molar-refractivity contribution < 1.29 is 14.7 Å². The first kappa shape index (κ1) is 15.2. The Morgan fingerprint density at radius 3 is 2.57 bits per heavy atom. The van der Waals surface area contributed by atoms with Crippen molar-refractivity contribution in [1.82, 2.24) is 14.4 Å². The number of aliphatic hydroxyl groups excluding tert-OH is 1. The molecule has 1 saturated heterocycles. The minimum atomic E-state index is -0.771. The highest BCUT2D eigenvalue weighted by Crippen LogP contribution is 2.05. The van der Waals surface area contributed by atoms with Gasteiger partial charge in [-0.1, -0.05) is 6.07 Å². The molecule has 1 aliphatic rings. The van der Waals surface area contributed by atoms with Crippen molar-refractivity contribution in [3.8, 4) is 0 Å². The van der Waals surface area contributed by atoms with Gasteiger partial charge in [-0.15, -0.1) is 0 Å². The fourth-order valence-corrected chi connectivity index (χ4v) is 2.34. The van der Waals surface area contributed by atoms with Crippen molar-refractivity contribution >= 4 is 11.8 Å². The standard InChI is InChI=1S/C14H19N3O4/c1-11(18)15-6-7-17(9-12(19)8-15)14(21)10-16-5-3-2-4-13(16)20/h2-5,12,19H,6-10H2,1H3/t12-/m0/s1. The van der Waals surface area contributed by atoms with Crippen molar-refractivity contribution in [3.05, 3.63) is 34.7 Å². The highest BCUT2D eigenvalue weighted by atomic mass is 16.3. The van der Waals surface area contributed by atoms with Gasteiger partial charge in [0.05, 0.1) is 6.10 Å². The van der Waals surface area contributed by atoms with E-state index in [1.54, 1.807) is 18.3 Å². The lowest BCUT2D eigenvalue weighted by atomic mass is 10.3. The summed E-state index contributed by atoms with van der Waals surface area (Å²) >= 11 is 0. The van der Waals surface area contributed by atoms with E-state index >= 15 is 0 Å². The molecule has 0 aliphatic carbocycles. The van der Waals surface area contributed by atoms with Crippen molar-refractivity contribution in [2.24, 2.45) is 0 Å². The number of aliphatic hydroxyl groups is 1. The molecule has 1 aromatic rings. The summed E-state index contributed by atoms with van der Waals surface area (Å²) < 4.78 is 1.32. The quantitative estimate of drug-likeness (QED) is 0.750. The van der Waals surface area contributed by atoms with Crippen molar-refractivity contribution in [2.75, 3.05) is 26.2 Å². The van der Waals surface area contributed by atoms with Gasteiger partial charge in [-0.25, -0.2) is 0 Å². The number of hydrogen-bond donors (Lipinski definition) is 1. The van der Waals surface area contributed by atoms with Gasteiger partial charge in [-0.05, 0) is 6.07 Å². The Balaban J connectivity index is 2.04. The predicted molar refractivity (Wildman–Crippen MR) is 75.5 cm³/mol. The number of rotatable bonds is 2. The lowest BCUT2D eigenvalue weighted by molar-refractivity contribution is -0.133. The number of hydrogen-bond acceptors (Lipinski definition) is 4. The molecule has 1 aromatic heterocycles. The third-order valence-electron chi connectivity index (χ3n) is 3.50. The molecule has 1 fully saturated rings. The van der Waals surface area contributed by atoms with Crippen LogP contribution in [-0.2, 0) is 16.1 Å². The number of aromatic nitrogens is 1. The van der Waals surface area contributed by atoms with Crippen molar-refractivity contribution in [1.29, 1.82) is 0 Å². The third kappa shape index (κ3) is 3.91. The van der Waals surface area contributed by atoms with Crippen LogP contribution in [0.5, 0.6) is 0 Å². The van der Waals surface area contributed by atoms with E-state index < -0.39 is 6.10 Å². The molecular weight excluding hydrogens is 274 g/mol. The van der Waals surface area contributed by atoms with E-state index in [1.165, 1.54) is 27.4 Å². The van der Waals surface area contributed by atoms with Crippen LogP contribution in [0.15, 0.2) is 29.2 Å². The fraction of sp³-hybridized carbons (Fsp3) is 0.500. The Morgan fingerprint density at radius 1 is 1.24 bits per heavy atom. The zero-order chi connectivity index (χ0) is 15.4. The second-order valence-electron chi connectivity index (χ2n) is 5.13. The summed E-state index contributed by atoms with van der Waals surface area (Å²) in [5.74, 6) is -0.365. The molecule has 0 bridgehead atoms. The summed E-state index contributed by atoms with van der Waals surface area (Å²) in [5.41, 5.74) is -0.244. The molecule has 0 saturated carbocycles. The minimum absolute atomic E-state index is 0.0630. The molecule has 0 spiro atoms. The van der Waals surface area contributed by atoms with E-state index in [4.69, 9.17) is 0 Å². The lowest BCUT2D eigenvalue weighted by Crippen LogP contribution is -2.40. The molecule has 1 N–H and O–H groups in total. The van der Waals surface area contributed by atoms with Gasteiger partial charge < -0.3 is 19.5 Å². The maximum absolute atomic E-state index is 12.2. The summed E-state index contributed by atoms with van der Waals surface area (Å²) in [4.78, 5) is 38.2. The Kier molecular flexibility index (Phi) is 4.74. The van der Waals surface area contributed by atoms with E-state index in [0.717, 1.165) is 0 Å². The average Bonchev–Trinajstić information content (AvgIpc) is 2.63. The minimum Gasteiger partial charge on any atom is -0.389 e. The number of carbonyl (C=O) groups excluding carboxylic acids is 2. The Labute approximate surface area is 122 Å². The second-order valence-corrected chi connectivity index (χ2v) is 5.13. The predicted octanol–water partition coefficient (Wildman–Crippen LogP) is -1.10. The first-order valence-electron chi connectivity index (χ1n) is 6.84. The first-order chi connectivity index (χ1) is 9.97. The molecule has 1 aliphatic heterocycles. The first-order valence-corrected chi connectivity index (χ1v) is 6.84. The maximum atomic E-state index is 12.2. The smallest absolute Gasteiger partial charge is 0.250 e. The van der Waals surface area contributed by atoms with Gasteiger partial charge in [0.1, 0.15) is 6.54 Å². The molecule has 2 rings (SSSR count). The summed E-state index contributed by atoms with van der Waals surface area (Å²) in [7, 11) is 0. The van der Waals surface area contributed by atoms with Gasteiger partial charge in [-0.3, -0.25) is 14.4 Å². The number of β-amino-alcohol motifs (C(OH)–C–C–N with tert-alkyl or cyclic N) is 1. The summed E-state index contributed by atoms with van der Waals surface area (Å²) in [6.45, 7) is 2.52. The van der Waals surface area contributed by atoms with Crippen LogP contribution in [0, 0.1) is 0 Å². The van der Waals surface area contributed by atoms with Gasteiger partial charge >= 0.3 is 0 Å². The van der Waals surface area contributed by atoms with Crippen LogP contribution in [0.3, 0.4) is 0 Å². The zero-order valence-corrected chi connectivity index (χ0v) is 11.9. The normalized spacial score (nSPS) is 19.2. The van der Waals surface area contributed by atoms with Gasteiger partial charge in [-0.2, -0.15) is 0 Å².